The van der Waals surface area contributed by atoms with Gasteiger partial charge in [0, 0.05) is 0 Å². The number of rotatable bonds is 11. The molecular weight excluding hydrogens is 454 g/mol. The van der Waals surface area contributed by atoms with E-state index in [0.29, 0.717) is 38.1 Å². The largest absolute Gasteiger partial charge is 0.507 e. The van der Waals surface area contributed by atoms with Gasteiger partial charge in [-0.25, -0.2) is 4.79 Å². The average Bonchev–Trinajstić information content (AvgIpc) is 3.19. The molecule has 4 rings (SSSR count). The summed E-state index contributed by atoms with van der Waals surface area (Å²) in [5, 5.41) is 20.0. The number of aliphatic hydroxyl groups is 2. The molecule has 3 aromatic rings. The minimum absolute atomic E-state index is 0.0651. The summed E-state index contributed by atoms with van der Waals surface area (Å²) in [7, 11) is 0. The number of carbonyl (C=O) groups excluding carboxylic acids is 1. The summed E-state index contributed by atoms with van der Waals surface area (Å²) in [5.74, 6) is -0.0829. The summed E-state index contributed by atoms with van der Waals surface area (Å²) < 4.78 is 11.2. The molecular formula is C30H31NO5. The fourth-order valence-electron chi connectivity index (χ4n) is 4.21. The SMILES string of the molecule is Cc1cccc(CN=C(CCCc2ccccc2OCc2ccccc2)C2=C(O)C(CO)OC2=O)c1. The van der Waals surface area contributed by atoms with Gasteiger partial charge in [-0.1, -0.05) is 78.4 Å². The van der Waals surface area contributed by atoms with Crippen LogP contribution in [0.4, 0.5) is 0 Å². The smallest absolute Gasteiger partial charge is 0.344 e. The van der Waals surface area contributed by atoms with Gasteiger partial charge in [0.15, 0.2) is 11.9 Å². The van der Waals surface area contributed by atoms with E-state index in [-0.39, 0.29) is 11.3 Å². The van der Waals surface area contributed by atoms with Gasteiger partial charge in [-0.3, -0.25) is 4.99 Å². The van der Waals surface area contributed by atoms with Gasteiger partial charge in [-0.2, -0.15) is 0 Å². The van der Waals surface area contributed by atoms with Crippen molar-refractivity contribution < 1.29 is 24.5 Å². The zero-order chi connectivity index (χ0) is 25.3. The molecule has 1 aliphatic heterocycles. The number of nitrogens with zero attached hydrogens (tertiary/aromatic N) is 1. The maximum absolute atomic E-state index is 12.5. The van der Waals surface area contributed by atoms with Gasteiger partial charge in [-0.15, -0.1) is 0 Å². The number of aliphatic hydroxyl groups excluding tert-OH is 2. The summed E-state index contributed by atoms with van der Waals surface area (Å²) in [6.45, 7) is 2.40. The Bertz CT molecular complexity index is 1250. The summed E-state index contributed by atoms with van der Waals surface area (Å²) in [4.78, 5) is 17.2. The number of cyclic esters (lactones) is 1. The second kappa shape index (κ2) is 12.2. The Morgan fingerprint density at radius 2 is 1.75 bits per heavy atom. The highest BCUT2D eigenvalue weighted by Gasteiger charge is 2.36. The Hall–Kier alpha value is -3.90. The van der Waals surface area contributed by atoms with E-state index in [1.165, 1.54) is 0 Å². The van der Waals surface area contributed by atoms with Gasteiger partial charge in [-0.05, 0) is 48.9 Å². The molecule has 0 saturated heterocycles. The molecule has 186 valence electrons. The van der Waals surface area contributed by atoms with Crippen LogP contribution in [0.3, 0.4) is 0 Å². The molecule has 1 atom stereocenters. The number of esters is 1. The third-order valence-corrected chi connectivity index (χ3v) is 6.07. The van der Waals surface area contributed by atoms with E-state index in [4.69, 9.17) is 14.5 Å². The Balaban J connectivity index is 1.48. The van der Waals surface area contributed by atoms with Crippen LogP contribution in [0, 0.1) is 6.92 Å². The maximum Gasteiger partial charge on any atom is 0.344 e. The molecule has 1 heterocycles. The van der Waals surface area contributed by atoms with Crippen LogP contribution in [0.25, 0.3) is 0 Å². The normalized spacial score (nSPS) is 15.8. The molecule has 0 aliphatic carbocycles. The first-order valence-electron chi connectivity index (χ1n) is 12.1. The highest BCUT2D eigenvalue weighted by atomic mass is 16.6. The topological polar surface area (TPSA) is 88.3 Å². The fraction of sp³-hybridized carbons (Fsp3) is 0.267. The van der Waals surface area contributed by atoms with Crippen LogP contribution in [0.5, 0.6) is 5.75 Å². The quantitative estimate of drug-likeness (QED) is 0.285. The van der Waals surface area contributed by atoms with E-state index >= 15 is 0 Å². The molecule has 2 N–H and O–H groups in total. The van der Waals surface area contributed by atoms with Crippen LogP contribution in [-0.4, -0.2) is 34.6 Å². The van der Waals surface area contributed by atoms with Gasteiger partial charge < -0.3 is 19.7 Å². The molecule has 0 fully saturated rings. The summed E-state index contributed by atoms with van der Waals surface area (Å²) >= 11 is 0. The minimum atomic E-state index is -1.04. The van der Waals surface area contributed by atoms with E-state index in [1.807, 2.05) is 85.8 Å². The van der Waals surface area contributed by atoms with Crippen molar-refractivity contribution in [3.8, 4) is 5.75 Å². The van der Waals surface area contributed by atoms with Crippen LogP contribution in [0.15, 0.2) is 95.2 Å². The van der Waals surface area contributed by atoms with Gasteiger partial charge in [0.1, 0.15) is 17.9 Å². The van der Waals surface area contributed by atoms with Crippen molar-refractivity contribution in [3.05, 3.63) is 112 Å². The first-order valence-corrected chi connectivity index (χ1v) is 12.1. The van der Waals surface area contributed by atoms with Crippen molar-refractivity contribution in [3.63, 3.8) is 0 Å². The van der Waals surface area contributed by atoms with Crippen molar-refractivity contribution in [1.29, 1.82) is 0 Å². The van der Waals surface area contributed by atoms with Crippen molar-refractivity contribution >= 4 is 11.7 Å². The van der Waals surface area contributed by atoms with Gasteiger partial charge >= 0.3 is 5.97 Å². The molecule has 0 saturated carbocycles. The van der Waals surface area contributed by atoms with E-state index in [1.54, 1.807) is 0 Å². The van der Waals surface area contributed by atoms with Crippen molar-refractivity contribution in [2.75, 3.05) is 6.61 Å². The van der Waals surface area contributed by atoms with Gasteiger partial charge in [0.05, 0.1) is 18.9 Å². The Labute approximate surface area is 211 Å². The van der Waals surface area contributed by atoms with Crippen LogP contribution in [0.1, 0.15) is 35.1 Å². The summed E-state index contributed by atoms with van der Waals surface area (Å²) in [5.41, 5.74) is 4.84. The standard InChI is InChI=1S/C30H31NO5/c1-21-9-7-12-23(17-21)18-31-25(28-29(33)27(19-32)36-30(28)34)15-8-14-24-13-5-6-16-26(24)35-20-22-10-3-2-4-11-22/h2-7,9-13,16-17,27,32-33H,8,14-15,18-20H2,1H3. The predicted octanol–water partition coefficient (Wildman–Crippen LogP) is 5.27. The molecule has 0 radical (unpaired) electrons. The Kier molecular flexibility index (Phi) is 8.53. The lowest BCUT2D eigenvalue weighted by Gasteiger charge is -2.12. The highest BCUT2D eigenvalue weighted by molar-refractivity contribution is 6.21. The molecule has 0 spiro atoms. The van der Waals surface area contributed by atoms with Crippen LogP contribution in [0.2, 0.25) is 0 Å². The number of carbonyl (C=O) groups is 1. The van der Waals surface area contributed by atoms with E-state index < -0.39 is 18.7 Å². The monoisotopic (exact) mass is 485 g/mol. The zero-order valence-electron chi connectivity index (χ0n) is 20.4. The lowest BCUT2D eigenvalue weighted by molar-refractivity contribution is -0.141. The molecule has 36 heavy (non-hydrogen) atoms. The number of aliphatic imine (C=N–C) groups is 1. The van der Waals surface area contributed by atoms with Crippen molar-refractivity contribution in [2.45, 2.75) is 45.4 Å². The molecule has 0 amide bonds. The zero-order valence-corrected chi connectivity index (χ0v) is 20.4. The first kappa shape index (κ1) is 25.2. The summed E-state index contributed by atoms with van der Waals surface area (Å²) in [6.07, 6.45) is 0.822. The third kappa shape index (κ3) is 6.40. The van der Waals surface area contributed by atoms with Gasteiger partial charge in [0.25, 0.3) is 0 Å². The third-order valence-electron chi connectivity index (χ3n) is 6.07. The van der Waals surface area contributed by atoms with Crippen LogP contribution in [-0.2, 0) is 29.1 Å². The second-order valence-corrected chi connectivity index (χ2v) is 8.82. The molecule has 0 aromatic heterocycles. The lowest BCUT2D eigenvalue weighted by Crippen LogP contribution is -2.15. The average molecular weight is 486 g/mol. The second-order valence-electron chi connectivity index (χ2n) is 8.82. The first-order chi connectivity index (χ1) is 17.5. The Morgan fingerprint density at radius 3 is 2.50 bits per heavy atom. The van der Waals surface area contributed by atoms with Crippen LogP contribution < -0.4 is 4.74 Å². The number of hydrogen-bond acceptors (Lipinski definition) is 6. The molecule has 1 unspecified atom stereocenters. The van der Waals surface area contributed by atoms with Gasteiger partial charge in [0.2, 0.25) is 0 Å². The maximum atomic E-state index is 12.5. The van der Waals surface area contributed by atoms with E-state index in [0.717, 1.165) is 28.0 Å². The fourth-order valence-corrected chi connectivity index (χ4v) is 4.21. The number of benzene rings is 3. The predicted molar refractivity (Wildman–Crippen MR) is 139 cm³/mol. The molecule has 0 bridgehead atoms. The molecule has 6 heteroatoms. The highest BCUT2D eigenvalue weighted by Crippen LogP contribution is 2.26. The molecule has 1 aliphatic rings. The number of para-hydroxylation sites is 1. The Morgan fingerprint density at radius 1 is 1.00 bits per heavy atom. The number of ether oxygens (including phenoxy) is 2. The molecule has 6 nitrogen and oxygen atoms in total. The van der Waals surface area contributed by atoms with Crippen LogP contribution >= 0.6 is 0 Å². The number of aryl methyl sites for hydroxylation is 2. The van der Waals surface area contributed by atoms with E-state index in [2.05, 4.69) is 0 Å². The lowest BCUT2D eigenvalue weighted by atomic mass is 10.00. The minimum Gasteiger partial charge on any atom is -0.507 e. The van der Waals surface area contributed by atoms with Crippen molar-refractivity contribution in [1.82, 2.24) is 0 Å². The van der Waals surface area contributed by atoms with E-state index in [9.17, 15) is 15.0 Å². The van der Waals surface area contributed by atoms with Crippen molar-refractivity contribution in [2.24, 2.45) is 4.99 Å². The summed E-state index contributed by atoms with van der Waals surface area (Å²) in [6, 6.07) is 25.9. The number of hydrogen-bond donors (Lipinski definition) is 2. The molecule has 3 aromatic carbocycles.